The van der Waals surface area contributed by atoms with Gasteiger partial charge in [0.15, 0.2) is 0 Å². The molecule has 1 fully saturated rings. The van der Waals surface area contributed by atoms with Gasteiger partial charge in [0.25, 0.3) is 0 Å². The van der Waals surface area contributed by atoms with Gasteiger partial charge in [-0.3, -0.25) is 9.78 Å². The van der Waals surface area contributed by atoms with Gasteiger partial charge in [-0.05, 0) is 48.3 Å². The van der Waals surface area contributed by atoms with Crippen LogP contribution in [-0.4, -0.2) is 50.7 Å². The number of benzene rings is 1. The number of hydrogen-bond donors (Lipinski definition) is 2. The molecule has 36 heavy (non-hydrogen) atoms. The quantitative estimate of drug-likeness (QED) is 0.509. The van der Waals surface area contributed by atoms with Crippen LogP contribution < -0.4 is 0 Å². The molecule has 5 rings (SSSR count). The summed E-state index contributed by atoms with van der Waals surface area (Å²) < 4.78 is 0. The van der Waals surface area contributed by atoms with Gasteiger partial charge in [-0.1, -0.05) is 44.2 Å². The van der Waals surface area contributed by atoms with E-state index in [-0.39, 0.29) is 29.8 Å². The first-order chi connectivity index (χ1) is 17.3. The topological polar surface area (TPSA) is 86.6 Å². The highest BCUT2D eigenvalue weighted by Gasteiger charge is 2.59. The van der Waals surface area contributed by atoms with Crippen LogP contribution in [0.25, 0.3) is 10.6 Å². The molecule has 2 aromatic heterocycles. The van der Waals surface area contributed by atoms with E-state index in [9.17, 15) is 15.0 Å². The monoisotopic (exact) mass is 505 g/mol. The van der Waals surface area contributed by atoms with Gasteiger partial charge < -0.3 is 15.1 Å². The normalized spacial score (nSPS) is 29.3. The van der Waals surface area contributed by atoms with Crippen molar-refractivity contribution in [1.29, 1.82) is 0 Å². The minimum Gasteiger partial charge on any atom is -0.396 e. The lowest BCUT2D eigenvalue weighted by Crippen LogP contribution is -2.57. The van der Waals surface area contributed by atoms with E-state index in [4.69, 9.17) is 4.98 Å². The first-order valence-corrected chi connectivity index (χ1v) is 13.5. The summed E-state index contributed by atoms with van der Waals surface area (Å²) in [5.41, 5.74) is 2.20. The summed E-state index contributed by atoms with van der Waals surface area (Å²) in [5, 5.41) is 22.4. The molecule has 1 saturated carbocycles. The highest BCUT2D eigenvalue weighted by atomic mass is 32.1. The van der Waals surface area contributed by atoms with Gasteiger partial charge in [0.2, 0.25) is 5.91 Å². The number of amides is 1. The van der Waals surface area contributed by atoms with E-state index in [1.165, 1.54) is 0 Å². The van der Waals surface area contributed by atoms with Crippen LogP contribution in [-0.2, 0) is 17.8 Å². The number of rotatable bonds is 6. The van der Waals surface area contributed by atoms with Crippen molar-refractivity contribution in [1.82, 2.24) is 14.9 Å². The van der Waals surface area contributed by atoms with Crippen LogP contribution in [0.15, 0.2) is 54.9 Å². The smallest absolute Gasteiger partial charge is 0.223 e. The maximum absolute atomic E-state index is 13.6. The molecule has 6 nitrogen and oxygen atoms in total. The van der Waals surface area contributed by atoms with Gasteiger partial charge in [0.05, 0.1) is 18.4 Å². The second-order valence-corrected chi connectivity index (χ2v) is 12.1. The third-order valence-electron chi connectivity index (χ3n) is 8.87. The predicted octanol–water partition coefficient (Wildman–Crippen LogP) is 4.67. The third-order valence-corrected chi connectivity index (χ3v) is 10.0. The van der Waals surface area contributed by atoms with Gasteiger partial charge >= 0.3 is 0 Å². The molecule has 3 aromatic rings. The molecule has 5 atom stereocenters. The summed E-state index contributed by atoms with van der Waals surface area (Å²) in [7, 11) is 1.86. The first kappa shape index (κ1) is 25.1. The number of aliphatic hydroxyl groups is 2. The molecule has 0 unspecified atom stereocenters. The van der Waals surface area contributed by atoms with Crippen LogP contribution in [0, 0.1) is 16.7 Å². The SMILES string of the molecule is CN(Cc1ccccc1)C(=O)C[C@@H]1c2nc(-c3cccnc3)sc2C[C@@H]2[C@](C)(CO)[C@H](O)CC[C@]21C. The van der Waals surface area contributed by atoms with Gasteiger partial charge in [0.1, 0.15) is 5.01 Å². The maximum Gasteiger partial charge on any atom is 0.223 e. The highest BCUT2D eigenvalue weighted by Crippen LogP contribution is 2.63. The Hall–Kier alpha value is -2.61. The molecule has 2 aliphatic rings. The van der Waals surface area contributed by atoms with Crippen LogP contribution in [0.4, 0.5) is 0 Å². The molecule has 0 radical (unpaired) electrons. The Labute approximate surface area is 217 Å². The molecular formula is C29H35N3O3S. The second kappa shape index (κ2) is 9.69. The number of fused-ring (bicyclic) bond motifs is 2. The zero-order valence-electron chi connectivity index (χ0n) is 21.2. The van der Waals surface area contributed by atoms with E-state index in [1.54, 1.807) is 22.4 Å². The van der Waals surface area contributed by atoms with Gasteiger partial charge in [-0.25, -0.2) is 4.98 Å². The van der Waals surface area contributed by atoms with Crippen LogP contribution in [0.1, 0.15) is 55.2 Å². The lowest BCUT2D eigenvalue weighted by molar-refractivity contribution is -0.147. The molecule has 190 valence electrons. The van der Waals surface area contributed by atoms with E-state index < -0.39 is 11.5 Å². The van der Waals surface area contributed by atoms with Crippen LogP contribution in [0.3, 0.4) is 0 Å². The summed E-state index contributed by atoms with van der Waals surface area (Å²) in [5.74, 6) is 0.0483. The van der Waals surface area contributed by atoms with Crippen molar-refractivity contribution in [3.63, 3.8) is 0 Å². The van der Waals surface area contributed by atoms with Crippen molar-refractivity contribution in [3.05, 3.63) is 71.0 Å². The molecule has 2 N–H and O–H groups in total. The van der Waals surface area contributed by atoms with E-state index in [0.717, 1.165) is 39.5 Å². The Morgan fingerprint density at radius 2 is 1.97 bits per heavy atom. The molecule has 1 amide bonds. The Morgan fingerprint density at radius 1 is 1.19 bits per heavy atom. The molecule has 0 spiro atoms. The number of carbonyl (C=O) groups is 1. The molecule has 2 heterocycles. The summed E-state index contributed by atoms with van der Waals surface area (Å²) in [6, 6.07) is 14.0. The lowest BCUT2D eigenvalue weighted by Gasteiger charge is -2.58. The van der Waals surface area contributed by atoms with Crippen molar-refractivity contribution >= 4 is 17.2 Å². The number of aliphatic hydroxyl groups excluding tert-OH is 2. The fourth-order valence-electron chi connectivity index (χ4n) is 6.53. The fraction of sp³-hybridized carbons (Fsp3) is 0.483. The first-order valence-electron chi connectivity index (χ1n) is 12.7. The number of aromatic nitrogens is 2. The number of thiazole rings is 1. The number of hydrogen-bond acceptors (Lipinski definition) is 6. The minimum absolute atomic E-state index is 0.0469. The molecule has 2 aliphatic carbocycles. The molecule has 1 aromatic carbocycles. The van der Waals surface area contributed by atoms with Crippen molar-refractivity contribution in [2.24, 2.45) is 16.7 Å². The van der Waals surface area contributed by atoms with E-state index in [1.807, 2.05) is 62.6 Å². The molecule has 0 aliphatic heterocycles. The number of carbonyl (C=O) groups excluding carboxylic acids is 1. The summed E-state index contributed by atoms with van der Waals surface area (Å²) in [4.78, 5) is 26.0. The van der Waals surface area contributed by atoms with Crippen molar-refractivity contribution in [2.45, 2.75) is 58.1 Å². The van der Waals surface area contributed by atoms with Crippen LogP contribution >= 0.6 is 11.3 Å². The average molecular weight is 506 g/mol. The minimum atomic E-state index is -0.625. The standard InChI is InChI=1S/C29H35N3O3S/c1-28-12-11-24(34)29(2,18-33)23(28)15-22-26(31-27(36-22)20-10-7-13-30-16-20)21(28)14-25(35)32(3)17-19-8-5-4-6-9-19/h4-10,13,16,21,23-24,33-34H,11-12,14-15,17-18H2,1-3H3/t21-,23+,24-,28+,29+/m1/s1. The van der Waals surface area contributed by atoms with Crippen LogP contribution in [0.5, 0.6) is 0 Å². The van der Waals surface area contributed by atoms with Gasteiger partial charge in [-0.15, -0.1) is 11.3 Å². The van der Waals surface area contributed by atoms with Crippen molar-refractivity contribution in [2.75, 3.05) is 13.7 Å². The molecule has 0 bridgehead atoms. The Balaban J connectivity index is 1.52. The van der Waals surface area contributed by atoms with Crippen molar-refractivity contribution < 1.29 is 15.0 Å². The predicted molar refractivity (Wildman–Crippen MR) is 141 cm³/mol. The van der Waals surface area contributed by atoms with Gasteiger partial charge in [0, 0.05) is 54.2 Å². The average Bonchev–Trinajstić information content (AvgIpc) is 3.32. The van der Waals surface area contributed by atoms with Gasteiger partial charge in [-0.2, -0.15) is 0 Å². The fourth-order valence-corrected chi connectivity index (χ4v) is 7.69. The van der Waals surface area contributed by atoms with E-state index >= 15 is 0 Å². The number of nitrogens with zero attached hydrogens (tertiary/aromatic N) is 3. The van der Waals surface area contributed by atoms with E-state index in [0.29, 0.717) is 19.4 Å². The molecular weight excluding hydrogens is 470 g/mol. The summed E-state index contributed by atoms with van der Waals surface area (Å²) in [6.07, 6.45) is 5.54. The van der Waals surface area contributed by atoms with E-state index in [2.05, 4.69) is 11.9 Å². The Bertz CT molecular complexity index is 1220. The maximum atomic E-state index is 13.6. The highest BCUT2D eigenvalue weighted by molar-refractivity contribution is 7.15. The lowest BCUT2D eigenvalue weighted by atomic mass is 9.47. The zero-order chi connectivity index (χ0) is 25.5. The molecule has 0 saturated heterocycles. The van der Waals surface area contributed by atoms with Crippen LogP contribution in [0.2, 0.25) is 0 Å². The Kier molecular flexibility index (Phi) is 6.74. The summed E-state index contributed by atoms with van der Waals surface area (Å²) in [6.45, 7) is 4.74. The summed E-state index contributed by atoms with van der Waals surface area (Å²) >= 11 is 1.66. The Morgan fingerprint density at radius 3 is 2.67 bits per heavy atom. The zero-order valence-corrected chi connectivity index (χ0v) is 22.0. The third kappa shape index (κ3) is 4.27. The second-order valence-electron chi connectivity index (χ2n) is 11.0. The number of pyridine rings is 1. The van der Waals surface area contributed by atoms with Crippen molar-refractivity contribution in [3.8, 4) is 10.6 Å². The molecule has 7 heteroatoms. The largest absolute Gasteiger partial charge is 0.396 e.